The summed E-state index contributed by atoms with van der Waals surface area (Å²) in [7, 11) is -3.64. The maximum atomic E-state index is 12.6. The van der Waals surface area contributed by atoms with E-state index in [1.54, 1.807) is 17.0 Å². The molecule has 0 unspecified atom stereocenters. The Morgan fingerprint density at radius 3 is 2.64 bits per heavy atom. The van der Waals surface area contributed by atoms with Crippen LogP contribution in [-0.2, 0) is 26.8 Å². The number of benzene rings is 2. The summed E-state index contributed by atoms with van der Waals surface area (Å²) >= 11 is 11.9. The van der Waals surface area contributed by atoms with Gasteiger partial charge in [-0.15, -0.1) is 0 Å². The fourth-order valence-corrected chi connectivity index (χ4v) is 4.90. The fraction of sp³-hybridized carbons (Fsp3) is 0.278. The first-order valence-electron chi connectivity index (χ1n) is 7.88. The molecular weight excluding hydrogens is 381 g/mol. The highest BCUT2D eigenvalue weighted by Crippen LogP contribution is 2.27. The number of sulfone groups is 1. The Balaban J connectivity index is 1.76. The minimum atomic E-state index is -3.64. The summed E-state index contributed by atoms with van der Waals surface area (Å²) in [5.74, 6) is -1.23. The van der Waals surface area contributed by atoms with Gasteiger partial charge in [-0.05, 0) is 42.2 Å². The van der Waals surface area contributed by atoms with Crippen molar-refractivity contribution in [2.75, 3.05) is 17.2 Å². The summed E-state index contributed by atoms with van der Waals surface area (Å²) in [5.41, 5.74) is 2.32. The monoisotopic (exact) mass is 397 g/mol. The number of aryl methyl sites for hydroxylation is 1. The number of para-hydroxylation sites is 1. The van der Waals surface area contributed by atoms with Crippen molar-refractivity contribution >= 4 is 44.6 Å². The lowest BCUT2D eigenvalue weighted by Crippen LogP contribution is -2.39. The molecule has 0 N–H and O–H groups in total. The second kappa shape index (κ2) is 7.36. The zero-order valence-electron chi connectivity index (χ0n) is 13.4. The number of carbonyl (C=O) groups excluding carboxylic acids is 1. The van der Waals surface area contributed by atoms with Crippen LogP contribution >= 0.6 is 23.2 Å². The normalized spacial score (nSPS) is 14.2. The third kappa shape index (κ3) is 4.35. The highest BCUT2D eigenvalue weighted by molar-refractivity contribution is 7.91. The van der Waals surface area contributed by atoms with Crippen LogP contribution in [0.4, 0.5) is 5.69 Å². The van der Waals surface area contributed by atoms with Crippen LogP contribution in [0.5, 0.6) is 0 Å². The molecule has 0 saturated heterocycles. The summed E-state index contributed by atoms with van der Waals surface area (Å²) < 4.78 is 24.9. The highest BCUT2D eigenvalue weighted by atomic mass is 35.5. The summed E-state index contributed by atoms with van der Waals surface area (Å²) in [4.78, 5) is 14.2. The van der Waals surface area contributed by atoms with E-state index in [9.17, 15) is 13.2 Å². The van der Waals surface area contributed by atoms with Crippen LogP contribution in [0.3, 0.4) is 0 Å². The molecule has 3 rings (SSSR count). The second-order valence-electron chi connectivity index (χ2n) is 6.05. The number of anilines is 1. The van der Waals surface area contributed by atoms with Crippen molar-refractivity contribution < 1.29 is 13.2 Å². The van der Waals surface area contributed by atoms with E-state index in [1.165, 1.54) is 6.07 Å². The molecule has 2 aromatic rings. The number of rotatable bonds is 4. The fourth-order valence-electron chi connectivity index (χ4n) is 2.99. The quantitative estimate of drug-likeness (QED) is 0.785. The number of amides is 1. The smallest absolute Gasteiger partial charge is 0.242 e. The third-order valence-corrected chi connectivity index (χ3v) is 6.17. The molecule has 0 aliphatic carbocycles. The lowest BCUT2D eigenvalue weighted by molar-refractivity contribution is -0.116. The van der Waals surface area contributed by atoms with Crippen LogP contribution < -0.4 is 4.90 Å². The minimum absolute atomic E-state index is 0.284. The van der Waals surface area contributed by atoms with Crippen molar-refractivity contribution in [2.45, 2.75) is 18.6 Å². The van der Waals surface area contributed by atoms with Crippen molar-refractivity contribution in [2.24, 2.45) is 0 Å². The molecular formula is C18H17Cl2NO3S. The van der Waals surface area contributed by atoms with Gasteiger partial charge in [-0.1, -0.05) is 47.5 Å². The van der Waals surface area contributed by atoms with Gasteiger partial charge in [0.25, 0.3) is 0 Å². The molecule has 1 heterocycles. The number of hydrogen-bond acceptors (Lipinski definition) is 3. The molecule has 0 radical (unpaired) electrons. The molecule has 0 saturated carbocycles. The molecule has 2 aromatic carbocycles. The van der Waals surface area contributed by atoms with Gasteiger partial charge in [-0.2, -0.15) is 0 Å². The average molecular weight is 398 g/mol. The summed E-state index contributed by atoms with van der Waals surface area (Å²) in [6.07, 6.45) is 1.72. The molecule has 1 aliphatic rings. The molecule has 4 nitrogen and oxygen atoms in total. The molecule has 25 heavy (non-hydrogen) atoms. The lowest BCUT2D eigenvalue weighted by atomic mass is 10.0. The Hall–Kier alpha value is -1.56. The number of nitrogens with zero attached hydrogens (tertiary/aromatic N) is 1. The predicted octanol–water partition coefficient (Wildman–Crippen LogP) is 3.89. The van der Waals surface area contributed by atoms with Crippen LogP contribution in [0, 0.1) is 0 Å². The molecule has 0 atom stereocenters. The van der Waals surface area contributed by atoms with E-state index in [2.05, 4.69) is 0 Å². The summed E-state index contributed by atoms with van der Waals surface area (Å²) in [6.45, 7) is 0.535. The van der Waals surface area contributed by atoms with Crippen molar-refractivity contribution in [3.63, 3.8) is 0 Å². The van der Waals surface area contributed by atoms with Crippen molar-refractivity contribution in [1.82, 2.24) is 0 Å². The maximum Gasteiger partial charge on any atom is 0.242 e. The average Bonchev–Trinajstić information content (AvgIpc) is 2.56. The minimum Gasteiger partial charge on any atom is -0.311 e. The van der Waals surface area contributed by atoms with Crippen LogP contribution in [0.15, 0.2) is 42.5 Å². The van der Waals surface area contributed by atoms with Crippen molar-refractivity contribution in [3.05, 3.63) is 63.6 Å². The molecule has 1 amide bonds. The van der Waals surface area contributed by atoms with E-state index in [-0.39, 0.29) is 10.8 Å². The molecule has 0 fully saturated rings. The number of hydrogen-bond donors (Lipinski definition) is 0. The first-order valence-corrected chi connectivity index (χ1v) is 10.5. The van der Waals surface area contributed by atoms with Gasteiger partial charge in [0.05, 0.1) is 5.75 Å². The first-order chi connectivity index (χ1) is 11.9. The van der Waals surface area contributed by atoms with Crippen LogP contribution in [0.2, 0.25) is 10.0 Å². The molecule has 0 aromatic heterocycles. The molecule has 7 heteroatoms. The zero-order valence-corrected chi connectivity index (χ0v) is 15.7. The topological polar surface area (TPSA) is 54.5 Å². The van der Waals surface area contributed by atoms with Gasteiger partial charge in [-0.3, -0.25) is 4.79 Å². The van der Waals surface area contributed by atoms with E-state index < -0.39 is 21.5 Å². The largest absolute Gasteiger partial charge is 0.311 e. The van der Waals surface area contributed by atoms with Gasteiger partial charge >= 0.3 is 0 Å². The van der Waals surface area contributed by atoms with E-state index >= 15 is 0 Å². The van der Waals surface area contributed by atoms with Crippen LogP contribution in [0.25, 0.3) is 0 Å². The molecule has 1 aliphatic heterocycles. The van der Waals surface area contributed by atoms with Gasteiger partial charge in [-0.25, -0.2) is 8.42 Å². The van der Waals surface area contributed by atoms with Crippen LogP contribution in [0.1, 0.15) is 17.5 Å². The van der Waals surface area contributed by atoms with Gasteiger partial charge in [0.1, 0.15) is 5.75 Å². The van der Waals surface area contributed by atoms with E-state index in [0.29, 0.717) is 17.1 Å². The van der Waals surface area contributed by atoms with Gasteiger partial charge in [0, 0.05) is 22.3 Å². The van der Waals surface area contributed by atoms with Gasteiger partial charge in [0.15, 0.2) is 9.84 Å². The Labute approximate surface area is 157 Å². The van der Waals surface area contributed by atoms with E-state index in [0.717, 1.165) is 24.1 Å². The zero-order chi connectivity index (χ0) is 18.0. The van der Waals surface area contributed by atoms with Gasteiger partial charge in [0.2, 0.25) is 5.91 Å². The number of carbonyl (C=O) groups is 1. The van der Waals surface area contributed by atoms with Gasteiger partial charge < -0.3 is 4.90 Å². The Morgan fingerprint density at radius 2 is 1.88 bits per heavy atom. The third-order valence-electron chi connectivity index (χ3n) is 4.15. The van der Waals surface area contributed by atoms with E-state index in [4.69, 9.17) is 23.2 Å². The van der Waals surface area contributed by atoms with E-state index in [1.807, 2.05) is 24.3 Å². The van der Waals surface area contributed by atoms with Crippen LogP contribution in [-0.4, -0.2) is 26.6 Å². The SMILES string of the molecule is O=C(CS(=O)(=O)Cc1ccc(Cl)cc1Cl)N1CCCc2ccccc21. The molecule has 132 valence electrons. The standard InChI is InChI=1S/C18H17Cl2NO3S/c19-15-8-7-14(16(20)10-15)11-25(23,24)12-18(22)21-9-3-5-13-4-1-2-6-17(13)21/h1-2,4,6-8,10H,3,5,9,11-12H2. The molecule has 0 bridgehead atoms. The summed E-state index contributed by atoms with van der Waals surface area (Å²) in [6, 6.07) is 12.3. The Kier molecular flexibility index (Phi) is 5.37. The molecule has 0 spiro atoms. The Bertz CT molecular complexity index is 912. The number of halogens is 2. The first kappa shape index (κ1) is 18.2. The maximum absolute atomic E-state index is 12.6. The van der Waals surface area contributed by atoms with Crippen molar-refractivity contribution in [3.8, 4) is 0 Å². The second-order valence-corrected chi connectivity index (χ2v) is 8.95. The van der Waals surface area contributed by atoms with Crippen molar-refractivity contribution in [1.29, 1.82) is 0 Å². The highest BCUT2D eigenvalue weighted by Gasteiger charge is 2.27. The predicted molar refractivity (Wildman–Crippen MR) is 101 cm³/mol. The Morgan fingerprint density at radius 1 is 1.12 bits per heavy atom. The lowest BCUT2D eigenvalue weighted by Gasteiger charge is -2.29. The number of fused-ring (bicyclic) bond motifs is 1. The summed E-state index contributed by atoms with van der Waals surface area (Å²) in [5, 5.41) is 0.721.